The fraction of sp³-hybridized carbons (Fsp3) is 0.400. The van der Waals surface area contributed by atoms with Crippen molar-refractivity contribution in [2.24, 2.45) is 0 Å². The molecule has 0 bridgehead atoms. The van der Waals surface area contributed by atoms with E-state index in [0.717, 1.165) is 0 Å². The molecule has 1 aromatic rings. The number of hydrogen-bond donors (Lipinski definition) is 0. The quantitative estimate of drug-likeness (QED) is 0.690. The van der Waals surface area contributed by atoms with Crippen molar-refractivity contribution in [2.75, 3.05) is 0 Å². The van der Waals surface area contributed by atoms with Crippen molar-refractivity contribution in [1.82, 2.24) is 0 Å². The Balaban J connectivity index is 3.26. The third-order valence-corrected chi connectivity index (χ3v) is 4.31. The van der Waals surface area contributed by atoms with Gasteiger partial charge in [-0.1, -0.05) is 12.1 Å². The molecule has 13 heavy (non-hydrogen) atoms. The zero-order valence-corrected chi connectivity index (χ0v) is 8.85. The molecule has 0 amide bonds. The average molecular weight is 197 g/mol. The first kappa shape index (κ1) is 10.3. The third-order valence-electron chi connectivity index (χ3n) is 1.80. The Morgan fingerprint density at radius 2 is 1.62 bits per heavy atom. The van der Waals surface area contributed by atoms with Crippen molar-refractivity contribution < 1.29 is 8.42 Å². The predicted molar refractivity (Wildman–Crippen MR) is 52.2 cm³/mol. The smallest absolute Gasteiger partial charge is 0.183 e. The molecule has 0 unspecified atom stereocenters. The van der Waals surface area contributed by atoms with Crippen molar-refractivity contribution >= 4 is 9.84 Å². The largest absolute Gasteiger partial charge is 0.223 e. The summed E-state index contributed by atoms with van der Waals surface area (Å²) in [6, 6.07) is 9.15. The summed E-state index contributed by atoms with van der Waals surface area (Å²) in [4.78, 5) is 0.360. The van der Waals surface area contributed by atoms with Crippen LogP contribution in [0.15, 0.2) is 29.2 Å². The molecule has 0 atom stereocenters. The molecule has 1 radical (unpaired) electrons. The Kier molecular flexibility index (Phi) is 2.48. The standard InChI is InChI=1S/C10H13O2S/c1-10(2,3)13(11,12)9-7-5-4-6-8-9/h5-8H,1-3H3. The minimum atomic E-state index is -3.20. The lowest BCUT2D eigenvalue weighted by Gasteiger charge is -2.18. The Morgan fingerprint density at radius 3 is 2.00 bits per heavy atom. The van der Waals surface area contributed by atoms with Crippen LogP contribution in [0.3, 0.4) is 0 Å². The summed E-state index contributed by atoms with van der Waals surface area (Å²) in [5.41, 5.74) is 0. The molecule has 0 fully saturated rings. The summed E-state index contributed by atoms with van der Waals surface area (Å²) in [6.07, 6.45) is 0. The molecule has 0 heterocycles. The lowest BCUT2D eigenvalue weighted by molar-refractivity contribution is 0.560. The molecule has 1 aromatic carbocycles. The minimum absolute atomic E-state index is 0.360. The lowest BCUT2D eigenvalue weighted by atomic mass is 10.3. The van der Waals surface area contributed by atoms with E-state index in [1.54, 1.807) is 45.0 Å². The van der Waals surface area contributed by atoms with Crippen LogP contribution in [0.2, 0.25) is 0 Å². The van der Waals surface area contributed by atoms with Gasteiger partial charge in [-0.15, -0.1) is 0 Å². The average Bonchev–Trinajstić information content (AvgIpc) is 2.04. The first-order chi connectivity index (χ1) is 5.86. The van der Waals surface area contributed by atoms with Crippen LogP contribution >= 0.6 is 0 Å². The van der Waals surface area contributed by atoms with Gasteiger partial charge in [-0.2, -0.15) is 0 Å². The van der Waals surface area contributed by atoms with Gasteiger partial charge in [0, 0.05) is 0 Å². The van der Waals surface area contributed by atoms with Crippen LogP contribution in [-0.2, 0) is 9.84 Å². The topological polar surface area (TPSA) is 34.1 Å². The molecule has 0 saturated heterocycles. The lowest BCUT2D eigenvalue weighted by Crippen LogP contribution is -2.27. The monoisotopic (exact) mass is 197 g/mol. The molecule has 0 saturated carbocycles. The molecule has 1 rings (SSSR count). The first-order valence-corrected chi connectivity index (χ1v) is 5.55. The normalized spacial score (nSPS) is 12.8. The molecule has 2 nitrogen and oxygen atoms in total. The second-order valence-corrected chi connectivity index (χ2v) is 6.55. The van der Waals surface area contributed by atoms with Crippen LogP contribution in [0, 0.1) is 6.07 Å². The van der Waals surface area contributed by atoms with Crippen molar-refractivity contribution in [3.8, 4) is 0 Å². The summed E-state index contributed by atoms with van der Waals surface area (Å²) in [5.74, 6) is 0. The second-order valence-electron chi connectivity index (χ2n) is 3.85. The maximum Gasteiger partial charge on any atom is 0.183 e. The maximum atomic E-state index is 11.8. The van der Waals surface area contributed by atoms with Crippen LogP contribution in [0.1, 0.15) is 20.8 Å². The first-order valence-electron chi connectivity index (χ1n) is 4.06. The molecule has 0 spiro atoms. The van der Waals surface area contributed by atoms with E-state index >= 15 is 0 Å². The number of benzene rings is 1. The van der Waals surface area contributed by atoms with Gasteiger partial charge in [-0.25, -0.2) is 8.42 Å². The van der Waals surface area contributed by atoms with E-state index in [1.165, 1.54) is 0 Å². The van der Waals surface area contributed by atoms with Gasteiger partial charge in [0.15, 0.2) is 9.84 Å². The SMILES string of the molecule is CC(C)(C)S(=O)(=O)c1cc[c]cc1. The predicted octanol–water partition coefficient (Wildman–Crippen LogP) is 2.06. The third kappa shape index (κ3) is 1.91. The van der Waals surface area contributed by atoms with Gasteiger partial charge in [0.2, 0.25) is 0 Å². The number of rotatable bonds is 1. The highest BCUT2D eigenvalue weighted by Gasteiger charge is 2.30. The molecule has 0 aliphatic rings. The van der Waals surface area contributed by atoms with E-state index in [9.17, 15) is 8.42 Å². The van der Waals surface area contributed by atoms with Crippen molar-refractivity contribution in [2.45, 2.75) is 30.4 Å². The summed E-state index contributed by atoms with van der Waals surface area (Å²) in [5, 5.41) is 0. The van der Waals surface area contributed by atoms with Crippen LogP contribution in [0.5, 0.6) is 0 Å². The summed E-state index contributed by atoms with van der Waals surface area (Å²) in [7, 11) is -3.20. The number of hydrogen-bond acceptors (Lipinski definition) is 2. The zero-order chi connectivity index (χ0) is 10.1. The van der Waals surface area contributed by atoms with Gasteiger partial charge < -0.3 is 0 Å². The maximum absolute atomic E-state index is 11.8. The Bertz CT molecular complexity index is 371. The van der Waals surface area contributed by atoms with Gasteiger partial charge in [0.1, 0.15) is 0 Å². The van der Waals surface area contributed by atoms with Crippen LogP contribution in [0.25, 0.3) is 0 Å². The van der Waals surface area contributed by atoms with E-state index in [2.05, 4.69) is 6.07 Å². The van der Waals surface area contributed by atoms with Gasteiger partial charge >= 0.3 is 0 Å². The Labute approximate surface area is 79.5 Å². The van der Waals surface area contributed by atoms with Gasteiger partial charge in [-0.05, 0) is 39.0 Å². The summed E-state index contributed by atoms with van der Waals surface area (Å²) in [6.45, 7) is 5.08. The van der Waals surface area contributed by atoms with Gasteiger partial charge in [-0.3, -0.25) is 0 Å². The minimum Gasteiger partial charge on any atom is -0.223 e. The molecular formula is C10H13O2S. The zero-order valence-electron chi connectivity index (χ0n) is 8.03. The summed E-state index contributed by atoms with van der Waals surface area (Å²) < 4.78 is 22.9. The van der Waals surface area contributed by atoms with Crippen LogP contribution < -0.4 is 0 Å². The molecule has 71 valence electrons. The molecule has 0 aliphatic carbocycles. The molecular weight excluding hydrogens is 184 g/mol. The van der Waals surface area contributed by atoms with E-state index in [-0.39, 0.29) is 0 Å². The van der Waals surface area contributed by atoms with E-state index in [1.807, 2.05) is 0 Å². The fourth-order valence-corrected chi connectivity index (χ4v) is 2.11. The Morgan fingerprint density at radius 1 is 1.15 bits per heavy atom. The van der Waals surface area contributed by atoms with Crippen molar-refractivity contribution in [3.63, 3.8) is 0 Å². The number of sulfone groups is 1. The van der Waals surface area contributed by atoms with E-state index in [0.29, 0.717) is 4.90 Å². The highest BCUT2D eigenvalue weighted by molar-refractivity contribution is 7.92. The van der Waals surface area contributed by atoms with Gasteiger partial charge in [0.25, 0.3) is 0 Å². The molecule has 3 heteroatoms. The Hall–Kier alpha value is -0.830. The van der Waals surface area contributed by atoms with E-state index in [4.69, 9.17) is 0 Å². The van der Waals surface area contributed by atoms with Crippen molar-refractivity contribution in [1.29, 1.82) is 0 Å². The molecule has 0 N–H and O–H groups in total. The highest BCUT2D eigenvalue weighted by atomic mass is 32.2. The summed E-state index contributed by atoms with van der Waals surface area (Å²) >= 11 is 0. The highest BCUT2D eigenvalue weighted by Crippen LogP contribution is 2.23. The van der Waals surface area contributed by atoms with E-state index < -0.39 is 14.6 Å². The second kappa shape index (κ2) is 3.14. The van der Waals surface area contributed by atoms with Crippen molar-refractivity contribution in [3.05, 3.63) is 30.3 Å². The van der Waals surface area contributed by atoms with Gasteiger partial charge in [0.05, 0.1) is 9.64 Å². The molecule has 0 aromatic heterocycles. The van der Waals surface area contributed by atoms with Crippen LogP contribution in [-0.4, -0.2) is 13.2 Å². The fourth-order valence-electron chi connectivity index (χ4n) is 0.904. The molecule has 0 aliphatic heterocycles. The van der Waals surface area contributed by atoms with Crippen LogP contribution in [0.4, 0.5) is 0 Å².